The highest BCUT2D eigenvalue weighted by molar-refractivity contribution is 5.87. The number of rotatable bonds is 7. The lowest BCUT2D eigenvalue weighted by Crippen LogP contribution is -2.51. The number of carboxylic acid groups (broad SMARTS) is 1. The Balaban J connectivity index is 2.68. The van der Waals surface area contributed by atoms with Crippen molar-refractivity contribution in [3.8, 4) is 0 Å². The summed E-state index contributed by atoms with van der Waals surface area (Å²) in [5.41, 5.74) is 6.67. The van der Waals surface area contributed by atoms with E-state index in [4.69, 9.17) is 5.73 Å². The smallest absolute Gasteiger partial charge is 0.326 e. The quantitative estimate of drug-likeness (QED) is 0.698. The zero-order valence-electron chi connectivity index (χ0n) is 11.9. The summed E-state index contributed by atoms with van der Waals surface area (Å²) in [5.74, 6) is -1.46. The summed E-state index contributed by atoms with van der Waals surface area (Å²) in [4.78, 5) is 23.2. The van der Waals surface area contributed by atoms with Crippen LogP contribution in [0.1, 0.15) is 25.8 Å². The van der Waals surface area contributed by atoms with Gasteiger partial charge in [0, 0.05) is 6.42 Å². The summed E-state index contributed by atoms with van der Waals surface area (Å²) >= 11 is 0. The van der Waals surface area contributed by atoms with Gasteiger partial charge in [0.15, 0.2) is 0 Å². The van der Waals surface area contributed by atoms with Crippen LogP contribution in [0, 0.1) is 5.92 Å². The van der Waals surface area contributed by atoms with Crippen LogP contribution in [0.2, 0.25) is 0 Å². The second kappa shape index (κ2) is 7.65. The van der Waals surface area contributed by atoms with Crippen molar-refractivity contribution in [1.82, 2.24) is 5.32 Å². The van der Waals surface area contributed by atoms with Crippen LogP contribution in [-0.2, 0) is 16.0 Å². The molecule has 1 amide bonds. The molecule has 1 aromatic rings. The van der Waals surface area contributed by atoms with Gasteiger partial charge in [-0.05, 0) is 11.5 Å². The van der Waals surface area contributed by atoms with Crippen LogP contribution >= 0.6 is 0 Å². The number of nitrogens with two attached hydrogens (primary N) is 1. The highest BCUT2D eigenvalue weighted by Crippen LogP contribution is 2.07. The van der Waals surface area contributed by atoms with Gasteiger partial charge in [0.25, 0.3) is 0 Å². The number of hydrogen-bond acceptors (Lipinski definition) is 3. The third-order valence-corrected chi connectivity index (χ3v) is 3.46. The molecule has 0 bridgehead atoms. The maximum atomic E-state index is 11.9. The molecule has 0 fully saturated rings. The molecule has 110 valence electrons. The van der Waals surface area contributed by atoms with Crippen molar-refractivity contribution in [1.29, 1.82) is 0 Å². The number of carboxylic acids is 1. The number of nitrogens with one attached hydrogen (secondary N) is 1. The van der Waals surface area contributed by atoms with Gasteiger partial charge in [0.05, 0.1) is 6.04 Å². The van der Waals surface area contributed by atoms with E-state index in [2.05, 4.69) is 5.32 Å². The second-order valence-corrected chi connectivity index (χ2v) is 5.00. The Morgan fingerprint density at radius 3 is 2.40 bits per heavy atom. The number of carbonyl (C=O) groups is 2. The van der Waals surface area contributed by atoms with Crippen molar-refractivity contribution in [3.05, 3.63) is 35.9 Å². The Hall–Kier alpha value is -1.88. The first kappa shape index (κ1) is 16.2. The van der Waals surface area contributed by atoms with E-state index in [-0.39, 0.29) is 12.3 Å². The molecule has 0 aliphatic rings. The highest BCUT2D eigenvalue weighted by atomic mass is 16.4. The lowest BCUT2D eigenvalue weighted by Gasteiger charge is -2.21. The summed E-state index contributed by atoms with van der Waals surface area (Å²) in [6.07, 6.45) is 1.01. The fourth-order valence-electron chi connectivity index (χ4n) is 1.83. The molecule has 5 nitrogen and oxygen atoms in total. The first-order chi connectivity index (χ1) is 9.45. The Kier molecular flexibility index (Phi) is 6.18. The molecule has 0 aliphatic carbocycles. The Labute approximate surface area is 119 Å². The van der Waals surface area contributed by atoms with Gasteiger partial charge in [0.1, 0.15) is 6.04 Å². The number of benzene rings is 1. The Morgan fingerprint density at radius 1 is 1.30 bits per heavy atom. The Bertz CT molecular complexity index is 448. The molecule has 0 spiro atoms. The normalized spacial score (nSPS) is 15.2. The number of carbonyl (C=O) groups excluding carboxylic acids is 1. The van der Waals surface area contributed by atoms with E-state index in [9.17, 15) is 14.7 Å². The molecule has 0 aromatic heterocycles. The van der Waals surface area contributed by atoms with E-state index in [1.165, 1.54) is 0 Å². The van der Waals surface area contributed by atoms with Crippen LogP contribution < -0.4 is 11.1 Å². The maximum Gasteiger partial charge on any atom is 0.326 e. The SMILES string of the molecule is CC[C@H](C)[C@@H](N)C(=O)N[C@@H](Cc1ccccc1)C(=O)O. The standard InChI is InChI=1S/C15H22N2O3/c1-3-10(2)13(16)14(18)17-12(15(19)20)9-11-7-5-4-6-8-11/h4-8,10,12-13H,3,9,16H2,1-2H3,(H,17,18)(H,19,20)/t10-,12-,13+/m0/s1. The molecule has 4 N–H and O–H groups in total. The average molecular weight is 278 g/mol. The van der Waals surface area contributed by atoms with Gasteiger partial charge >= 0.3 is 5.97 Å². The van der Waals surface area contributed by atoms with Gasteiger partial charge in [-0.2, -0.15) is 0 Å². The summed E-state index contributed by atoms with van der Waals surface area (Å²) in [7, 11) is 0. The molecule has 5 heteroatoms. The van der Waals surface area contributed by atoms with Crippen molar-refractivity contribution in [2.75, 3.05) is 0 Å². The van der Waals surface area contributed by atoms with Crippen molar-refractivity contribution in [2.24, 2.45) is 11.7 Å². The largest absolute Gasteiger partial charge is 0.480 e. The molecule has 3 atom stereocenters. The first-order valence-electron chi connectivity index (χ1n) is 6.78. The highest BCUT2D eigenvalue weighted by Gasteiger charge is 2.25. The molecule has 0 aliphatic heterocycles. The van der Waals surface area contributed by atoms with Crippen LogP contribution in [0.5, 0.6) is 0 Å². The second-order valence-electron chi connectivity index (χ2n) is 5.00. The molecule has 1 rings (SSSR count). The average Bonchev–Trinajstić information content (AvgIpc) is 2.45. The molecule has 0 radical (unpaired) electrons. The molecule has 1 aromatic carbocycles. The van der Waals surface area contributed by atoms with Gasteiger partial charge in [0.2, 0.25) is 5.91 Å². The molecule has 20 heavy (non-hydrogen) atoms. The van der Waals surface area contributed by atoms with Crippen molar-refractivity contribution >= 4 is 11.9 Å². The van der Waals surface area contributed by atoms with Gasteiger partial charge < -0.3 is 16.2 Å². The molecular formula is C15H22N2O3. The van der Waals surface area contributed by atoms with E-state index in [0.717, 1.165) is 12.0 Å². The third kappa shape index (κ3) is 4.66. The topological polar surface area (TPSA) is 92.4 Å². The van der Waals surface area contributed by atoms with Crippen LogP contribution in [0.3, 0.4) is 0 Å². The number of aliphatic carboxylic acids is 1. The summed E-state index contributed by atoms with van der Waals surface area (Å²) < 4.78 is 0. The minimum atomic E-state index is -1.06. The van der Waals surface area contributed by atoms with Gasteiger partial charge in [-0.25, -0.2) is 4.79 Å². The predicted molar refractivity (Wildman–Crippen MR) is 77.1 cm³/mol. The minimum absolute atomic E-state index is 0.0150. The zero-order chi connectivity index (χ0) is 15.1. The van der Waals surface area contributed by atoms with Crippen LogP contribution in [0.4, 0.5) is 0 Å². The van der Waals surface area contributed by atoms with Crippen LogP contribution in [0.25, 0.3) is 0 Å². The Morgan fingerprint density at radius 2 is 1.90 bits per heavy atom. The number of amides is 1. The monoisotopic (exact) mass is 278 g/mol. The fourth-order valence-corrected chi connectivity index (χ4v) is 1.83. The van der Waals surface area contributed by atoms with Crippen molar-refractivity contribution < 1.29 is 14.7 Å². The summed E-state index contributed by atoms with van der Waals surface area (Å²) in [5, 5.41) is 11.7. The van der Waals surface area contributed by atoms with Gasteiger partial charge in [-0.1, -0.05) is 50.6 Å². The van der Waals surface area contributed by atoms with E-state index >= 15 is 0 Å². The molecule has 0 saturated carbocycles. The summed E-state index contributed by atoms with van der Waals surface area (Å²) in [6.45, 7) is 3.81. The van der Waals surface area contributed by atoms with E-state index in [0.29, 0.717) is 0 Å². The van der Waals surface area contributed by atoms with E-state index in [1.807, 2.05) is 44.2 Å². The maximum absolute atomic E-state index is 11.9. The summed E-state index contributed by atoms with van der Waals surface area (Å²) in [6, 6.07) is 7.55. The minimum Gasteiger partial charge on any atom is -0.480 e. The van der Waals surface area contributed by atoms with Crippen molar-refractivity contribution in [3.63, 3.8) is 0 Å². The molecular weight excluding hydrogens is 256 g/mol. The number of hydrogen-bond donors (Lipinski definition) is 3. The van der Waals surface area contributed by atoms with Crippen LogP contribution in [0.15, 0.2) is 30.3 Å². The van der Waals surface area contributed by atoms with E-state index in [1.54, 1.807) is 0 Å². The molecule has 0 heterocycles. The van der Waals surface area contributed by atoms with Gasteiger partial charge in [-0.15, -0.1) is 0 Å². The van der Waals surface area contributed by atoms with E-state index < -0.39 is 24.0 Å². The van der Waals surface area contributed by atoms with Crippen molar-refractivity contribution in [2.45, 2.75) is 38.8 Å². The fraction of sp³-hybridized carbons (Fsp3) is 0.467. The lowest BCUT2D eigenvalue weighted by molar-refractivity contribution is -0.142. The first-order valence-corrected chi connectivity index (χ1v) is 6.78. The molecule has 0 saturated heterocycles. The van der Waals surface area contributed by atoms with Gasteiger partial charge in [-0.3, -0.25) is 4.79 Å². The zero-order valence-corrected chi connectivity index (χ0v) is 11.9. The third-order valence-electron chi connectivity index (χ3n) is 3.46. The van der Waals surface area contributed by atoms with Crippen LogP contribution in [-0.4, -0.2) is 29.1 Å². The molecule has 0 unspecified atom stereocenters. The predicted octanol–water partition coefficient (Wildman–Crippen LogP) is 1.17. The lowest BCUT2D eigenvalue weighted by atomic mass is 9.98.